The Labute approximate surface area is 176 Å². The van der Waals surface area contributed by atoms with Crippen LogP contribution in [0.25, 0.3) is 34.0 Å². The molecule has 0 saturated heterocycles. The van der Waals surface area contributed by atoms with Crippen LogP contribution >= 0.6 is 0 Å². The first-order valence-electron chi connectivity index (χ1n) is 9.56. The Morgan fingerprint density at radius 2 is 1.77 bits per heavy atom. The maximum absolute atomic E-state index is 13.1. The molecule has 3 aromatic heterocycles. The Bertz CT molecular complexity index is 1370. The molecule has 0 spiro atoms. The van der Waals surface area contributed by atoms with Crippen LogP contribution in [0.4, 0.5) is 10.1 Å². The monoisotopic (exact) mass is 413 g/mol. The number of benzene rings is 2. The summed E-state index contributed by atoms with van der Waals surface area (Å²) in [6.45, 7) is 1.89. The number of fused-ring (bicyclic) bond motifs is 1. The number of carbonyl (C=O) groups is 1. The minimum absolute atomic E-state index is 0.148. The van der Waals surface area contributed by atoms with Crippen molar-refractivity contribution < 1.29 is 18.0 Å². The molecule has 0 saturated carbocycles. The summed E-state index contributed by atoms with van der Waals surface area (Å²) in [7, 11) is 0. The van der Waals surface area contributed by atoms with Crippen molar-refractivity contribution in [3.8, 4) is 22.8 Å². The summed E-state index contributed by atoms with van der Waals surface area (Å²) in [4.78, 5) is 21.3. The lowest BCUT2D eigenvalue weighted by molar-refractivity contribution is 0.0997. The number of furan rings is 1. The summed E-state index contributed by atoms with van der Waals surface area (Å²) in [5.74, 6) is 0.316. The molecule has 0 radical (unpaired) electrons. The quantitative estimate of drug-likeness (QED) is 0.400. The molecule has 1 N–H and O–H groups in total. The van der Waals surface area contributed by atoms with Crippen LogP contribution < -0.4 is 5.32 Å². The van der Waals surface area contributed by atoms with E-state index in [1.165, 1.54) is 12.1 Å². The molecule has 0 aliphatic rings. The van der Waals surface area contributed by atoms with E-state index >= 15 is 0 Å². The third-order valence-corrected chi connectivity index (χ3v) is 4.86. The van der Waals surface area contributed by atoms with Gasteiger partial charge in [-0.2, -0.15) is 4.98 Å². The highest BCUT2D eigenvalue weighted by Crippen LogP contribution is 2.28. The average molecular weight is 413 g/mol. The number of anilines is 1. The highest BCUT2D eigenvalue weighted by atomic mass is 19.1. The lowest BCUT2D eigenvalue weighted by Gasteiger charge is -2.08. The molecule has 3 heterocycles. The van der Waals surface area contributed by atoms with E-state index in [-0.39, 0.29) is 11.6 Å². The molecule has 5 rings (SSSR count). The standard InChI is InChI=1S/C24H16FN3O3/c1-14-4-5-16(24-28-22-20(31-24)3-2-12-26-22)13-18(14)27-23(29)21-11-10-19(30-21)15-6-8-17(25)9-7-15/h2-13H,1H3,(H,27,29). The predicted octanol–water partition coefficient (Wildman–Crippen LogP) is 5.85. The molecular formula is C24H16FN3O3. The third-order valence-electron chi connectivity index (χ3n) is 4.86. The van der Waals surface area contributed by atoms with Crippen LogP contribution in [0.5, 0.6) is 0 Å². The zero-order chi connectivity index (χ0) is 21.4. The van der Waals surface area contributed by atoms with Crippen LogP contribution in [0, 0.1) is 12.7 Å². The van der Waals surface area contributed by atoms with E-state index in [9.17, 15) is 9.18 Å². The second kappa shape index (κ2) is 7.53. The molecule has 1 amide bonds. The largest absolute Gasteiger partial charge is 0.451 e. The van der Waals surface area contributed by atoms with E-state index in [4.69, 9.17) is 8.83 Å². The number of rotatable bonds is 4. The Hall–Kier alpha value is -4.26. The second-order valence-electron chi connectivity index (χ2n) is 7.00. The van der Waals surface area contributed by atoms with E-state index < -0.39 is 5.91 Å². The topological polar surface area (TPSA) is 81.2 Å². The first kappa shape index (κ1) is 18.7. The fourth-order valence-corrected chi connectivity index (χ4v) is 3.20. The van der Waals surface area contributed by atoms with Gasteiger partial charge in [0.25, 0.3) is 5.91 Å². The van der Waals surface area contributed by atoms with Gasteiger partial charge in [-0.1, -0.05) is 6.07 Å². The molecule has 5 aromatic rings. The van der Waals surface area contributed by atoms with Gasteiger partial charge in [0.15, 0.2) is 17.0 Å². The predicted molar refractivity (Wildman–Crippen MR) is 114 cm³/mol. The number of aromatic nitrogens is 2. The van der Waals surface area contributed by atoms with Crippen molar-refractivity contribution in [1.29, 1.82) is 0 Å². The van der Waals surface area contributed by atoms with Gasteiger partial charge in [-0.25, -0.2) is 9.37 Å². The molecule has 0 aliphatic heterocycles. The average Bonchev–Trinajstić information content (AvgIpc) is 3.43. The van der Waals surface area contributed by atoms with Crippen molar-refractivity contribution in [2.24, 2.45) is 0 Å². The van der Waals surface area contributed by atoms with Gasteiger partial charge in [0.1, 0.15) is 11.6 Å². The number of nitrogens with one attached hydrogen (secondary N) is 1. The van der Waals surface area contributed by atoms with Gasteiger partial charge >= 0.3 is 0 Å². The normalized spacial score (nSPS) is 11.0. The third kappa shape index (κ3) is 3.69. The zero-order valence-electron chi connectivity index (χ0n) is 16.4. The molecule has 0 atom stereocenters. The number of hydrogen-bond acceptors (Lipinski definition) is 5. The summed E-state index contributed by atoms with van der Waals surface area (Å²) in [6, 6.07) is 18.2. The minimum Gasteiger partial charge on any atom is -0.451 e. The number of halogens is 1. The Kier molecular flexibility index (Phi) is 4.55. The van der Waals surface area contributed by atoms with Crippen molar-refractivity contribution in [1.82, 2.24) is 9.97 Å². The van der Waals surface area contributed by atoms with E-state index in [0.29, 0.717) is 39.7 Å². The van der Waals surface area contributed by atoms with Crippen molar-refractivity contribution in [3.05, 3.63) is 90.1 Å². The van der Waals surface area contributed by atoms with Gasteiger partial charge in [0, 0.05) is 23.0 Å². The molecule has 0 aliphatic carbocycles. The van der Waals surface area contributed by atoms with E-state index in [0.717, 1.165) is 5.56 Å². The lowest BCUT2D eigenvalue weighted by atomic mass is 10.1. The van der Waals surface area contributed by atoms with E-state index in [1.54, 1.807) is 48.7 Å². The Morgan fingerprint density at radius 3 is 2.58 bits per heavy atom. The summed E-state index contributed by atoms with van der Waals surface area (Å²) in [6.07, 6.45) is 1.65. The maximum Gasteiger partial charge on any atom is 0.291 e. The maximum atomic E-state index is 13.1. The Balaban J connectivity index is 1.40. The van der Waals surface area contributed by atoms with Gasteiger partial charge in [0.05, 0.1) is 0 Å². The van der Waals surface area contributed by atoms with Crippen molar-refractivity contribution >= 4 is 22.8 Å². The number of amides is 1. The number of hydrogen-bond donors (Lipinski definition) is 1. The SMILES string of the molecule is Cc1ccc(-c2nc3ncccc3o2)cc1NC(=O)c1ccc(-c2ccc(F)cc2)o1. The number of pyridine rings is 1. The fourth-order valence-electron chi connectivity index (χ4n) is 3.20. The van der Waals surface area contributed by atoms with Crippen LogP contribution in [-0.2, 0) is 0 Å². The highest BCUT2D eigenvalue weighted by Gasteiger charge is 2.16. The molecule has 0 bridgehead atoms. The highest BCUT2D eigenvalue weighted by molar-refractivity contribution is 6.03. The van der Waals surface area contributed by atoms with Crippen molar-refractivity contribution in [3.63, 3.8) is 0 Å². The number of oxazole rings is 1. The van der Waals surface area contributed by atoms with Crippen LogP contribution in [0.1, 0.15) is 16.1 Å². The fraction of sp³-hybridized carbons (Fsp3) is 0.0417. The summed E-state index contributed by atoms with van der Waals surface area (Å²) in [5, 5.41) is 2.87. The molecule has 7 heteroatoms. The zero-order valence-corrected chi connectivity index (χ0v) is 16.4. The molecule has 152 valence electrons. The lowest BCUT2D eigenvalue weighted by Crippen LogP contribution is -2.11. The summed E-state index contributed by atoms with van der Waals surface area (Å²) in [5.41, 5.74) is 3.99. The van der Waals surface area contributed by atoms with Gasteiger partial charge in [-0.05, 0) is 73.2 Å². The number of carbonyl (C=O) groups excluding carboxylic acids is 1. The van der Waals surface area contributed by atoms with Gasteiger partial charge in [-0.15, -0.1) is 0 Å². The van der Waals surface area contributed by atoms with Crippen molar-refractivity contribution in [2.75, 3.05) is 5.32 Å². The van der Waals surface area contributed by atoms with Crippen LogP contribution in [0.3, 0.4) is 0 Å². The summed E-state index contributed by atoms with van der Waals surface area (Å²) < 4.78 is 24.6. The first-order chi connectivity index (χ1) is 15.1. The van der Waals surface area contributed by atoms with Gasteiger partial charge in [0.2, 0.25) is 5.89 Å². The molecule has 0 fully saturated rings. The van der Waals surface area contributed by atoms with E-state index in [1.807, 2.05) is 19.1 Å². The van der Waals surface area contributed by atoms with E-state index in [2.05, 4.69) is 15.3 Å². The van der Waals surface area contributed by atoms with Crippen LogP contribution in [0.2, 0.25) is 0 Å². The molecular weight excluding hydrogens is 397 g/mol. The molecule has 6 nitrogen and oxygen atoms in total. The minimum atomic E-state index is -0.396. The number of aryl methyl sites for hydroxylation is 1. The first-order valence-corrected chi connectivity index (χ1v) is 9.56. The smallest absolute Gasteiger partial charge is 0.291 e. The Morgan fingerprint density at radius 1 is 0.968 bits per heavy atom. The summed E-state index contributed by atoms with van der Waals surface area (Å²) >= 11 is 0. The molecule has 31 heavy (non-hydrogen) atoms. The van der Waals surface area contributed by atoms with Gasteiger partial charge in [-0.3, -0.25) is 4.79 Å². The second-order valence-corrected chi connectivity index (χ2v) is 7.00. The van der Waals surface area contributed by atoms with Crippen LogP contribution in [0.15, 0.2) is 81.8 Å². The van der Waals surface area contributed by atoms with Gasteiger partial charge < -0.3 is 14.2 Å². The van der Waals surface area contributed by atoms with Crippen LogP contribution in [-0.4, -0.2) is 15.9 Å². The molecule has 0 unspecified atom stereocenters. The number of nitrogens with zero attached hydrogens (tertiary/aromatic N) is 2. The van der Waals surface area contributed by atoms with Crippen molar-refractivity contribution in [2.45, 2.75) is 6.92 Å². The molecule has 2 aromatic carbocycles.